The number of rotatable bonds is 2. The fraction of sp³-hybridized carbons (Fsp3) is 0.700. The van der Waals surface area contributed by atoms with Gasteiger partial charge in [0, 0.05) is 18.7 Å². The summed E-state index contributed by atoms with van der Waals surface area (Å²) in [6, 6.07) is 0. The third-order valence-electron chi connectivity index (χ3n) is 2.49. The van der Waals surface area contributed by atoms with E-state index in [-0.39, 0.29) is 5.41 Å². The molecule has 0 aromatic carbocycles. The molecule has 0 aliphatic carbocycles. The van der Waals surface area contributed by atoms with Crippen LogP contribution in [0.4, 0.5) is 0 Å². The van der Waals surface area contributed by atoms with E-state index in [1.165, 1.54) is 5.82 Å². The minimum atomic E-state index is 0.197. The first-order valence-electron chi connectivity index (χ1n) is 4.48. The van der Waals surface area contributed by atoms with Crippen molar-refractivity contribution in [2.24, 2.45) is 7.05 Å². The van der Waals surface area contributed by atoms with Crippen LogP contribution in [-0.4, -0.2) is 9.55 Å². The van der Waals surface area contributed by atoms with Crippen molar-refractivity contribution in [2.75, 3.05) is 0 Å². The molecular weight excluding hydrogens is 148 g/mol. The van der Waals surface area contributed by atoms with Crippen LogP contribution in [-0.2, 0) is 12.5 Å². The van der Waals surface area contributed by atoms with Crippen molar-refractivity contribution in [3.63, 3.8) is 0 Å². The molecule has 0 N–H and O–H groups in total. The number of nitrogens with zero attached hydrogens (tertiary/aromatic N) is 2. The van der Waals surface area contributed by atoms with Gasteiger partial charge in [-0.1, -0.05) is 20.8 Å². The molecule has 0 saturated carbocycles. The summed E-state index contributed by atoms with van der Waals surface area (Å²) in [6.45, 7) is 8.70. The van der Waals surface area contributed by atoms with E-state index in [0.717, 1.165) is 12.1 Å². The Morgan fingerprint density at radius 3 is 2.42 bits per heavy atom. The maximum atomic E-state index is 4.52. The number of hydrogen-bond acceptors (Lipinski definition) is 1. The molecule has 2 nitrogen and oxygen atoms in total. The minimum Gasteiger partial charge on any atom is -0.337 e. The second kappa shape index (κ2) is 2.92. The van der Waals surface area contributed by atoms with Gasteiger partial charge in [-0.3, -0.25) is 0 Å². The molecule has 0 aliphatic heterocycles. The summed E-state index contributed by atoms with van der Waals surface area (Å²) in [7, 11) is 2.06. The van der Waals surface area contributed by atoms with E-state index in [0.29, 0.717) is 0 Å². The van der Waals surface area contributed by atoms with Crippen molar-refractivity contribution in [3.8, 4) is 0 Å². The molecule has 0 saturated heterocycles. The number of hydrogen-bond donors (Lipinski definition) is 0. The topological polar surface area (TPSA) is 17.8 Å². The SMILES string of the molecule is CCC(C)(C)c1nc(C)cn1C. The molecular formula is C10H18N2. The largest absolute Gasteiger partial charge is 0.337 e. The standard InChI is InChI=1S/C10H18N2/c1-6-10(3,4)9-11-8(2)7-12(9)5/h7H,6H2,1-5H3. The highest BCUT2D eigenvalue weighted by atomic mass is 15.1. The van der Waals surface area contributed by atoms with Gasteiger partial charge in [0.2, 0.25) is 0 Å². The number of imidazole rings is 1. The van der Waals surface area contributed by atoms with Crippen LogP contribution in [0.25, 0.3) is 0 Å². The molecule has 2 heteroatoms. The van der Waals surface area contributed by atoms with Gasteiger partial charge in [0.1, 0.15) is 5.82 Å². The molecule has 0 fully saturated rings. The van der Waals surface area contributed by atoms with Gasteiger partial charge < -0.3 is 4.57 Å². The van der Waals surface area contributed by atoms with E-state index in [1.807, 2.05) is 6.92 Å². The molecule has 1 aromatic rings. The Bertz CT molecular complexity index is 271. The fourth-order valence-electron chi connectivity index (χ4n) is 1.40. The highest BCUT2D eigenvalue weighted by Gasteiger charge is 2.22. The van der Waals surface area contributed by atoms with Gasteiger partial charge >= 0.3 is 0 Å². The molecule has 0 amide bonds. The first kappa shape index (κ1) is 9.30. The normalized spacial score (nSPS) is 12.1. The van der Waals surface area contributed by atoms with E-state index in [9.17, 15) is 0 Å². The molecule has 1 rings (SSSR count). The van der Waals surface area contributed by atoms with Crippen LogP contribution in [0.1, 0.15) is 38.7 Å². The molecule has 0 aliphatic rings. The zero-order valence-electron chi connectivity index (χ0n) is 8.68. The molecule has 1 aromatic heterocycles. The van der Waals surface area contributed by atoms with E-state index in [4.69, 9.17) is 0 Å². The first-order chi connectivity index (χ1) is 5.47. The third-order valence-corrected chi connectivity index (χ3v) is 2.49. The average molecular weight is 166 g/mol. The second-order valence-electron chi connectivity index (χ2n) is 4.05. The van der Waals surface area contributed by atoms with Crippen molar-refractivity contribution < 1.29 is 0 Å². The maximum absolute atomic E-state index is 4.52. The molecule has 0 unspecified atom stereocenters. The Morgan fingerprint density at radius 1 is 1.50 bits per heavy atom. The molecule has 0 spiro atoms. The lowest BCUT2D eigenvalue weighted by Gasteiger charge is -2.21. The van der Waals surface area contributed by atoms with Gasteiger partial charge in [-0.2, -0.15) is 0 Å². The minimum absolute atomic E-state index is 0.197. The Morgan fingerprint density at radius 2 is 2.08 bits per heavy atom. The zero-order valence-corrected chi connectivity index (χ0v) is 8.68. The van der Waals surface area contributed by atoms with Crippen LogP contribution in [0.5, 0.6) is 0 Å². The smallest absolute Gasteiger partial charge is 0.114 e. The second-order valence-corrected chi connectivity index (χ2v) is 4.05. The fourth-order valence-corrected chi connectivity index (χ4v) is 1.40. The van der Waals surface area contributed by atoms with Crippen molar-refractivity contribution in [1.82, 2.24) is 9.55 Å². The van der Waals surface area contributed by atoms with E-state index < -0.39 is 0 Å². The molecule has 0 bridgehead atoms. The van der Waals surface area contributed by atoms with Gasteiger partial charge in [0.25, 0.3) is 0 Å². The summed E-state index contributed by atoms with van der Waals surface area (Å²) in [5.74, 6) is 1.18. The Kier molecular flexibility index (Phi) is 2.27. The quantitative estimate of drug-likeness (QED) is 0.659. The van der Waals surface area contributed by atoms with Crippen molar-refractivity contribution in [2.45, 2.75) is 39.5 Å². The molecule has 12 heavy (non-hydrogen) atoms. The van der Waals surface area contributed by atoms with Crippen molar-refractivity contribution >= 4 is 0 Å². The van der Waals surface area contributed by atoms with Gasteiger partial charge in [-0.05, 0) is 13.3 Å². The van der Waals surface area contributed by atoms with Crippen LogP contribution < -0.4 is 0 Å². The highest BCUT2D eigenvalue weighted by molar-refractivity contribution is 5.10. The first-order valence-corrected chi connectivity index (χ1v) is 4.48. The summed E-state index contributed by atoms with van der Waals surface area (Å²) in [4.78, 5) is 4.52. The van der Waals surface area contributed by atoms with Gasteiger partial charge in [-0.15, -0.1) is 0 Å². The van der Waals surface area contributed by atoms with Gasteiger partial charge in [0.15, 0.2) is 0 Å². The summed E-state index contributed by atoms with van der Waals surface area (Å²) >= 11 is 0. The lowest BCUT2D eigenvalue weighted by Crippen LogP contribution is -2.20. The monoisotopic (exact) mass is 166 g/mol. The summed E-state index contributed by atoms with van der Waals surface area (Å²) in [5, 5.41) is 0. The Labute approximate surface area is 74.6 Å². The van der Waals surface area contributed by atoms with Crippen LogP contribution in [0.2, 0.25) is 0 Å². The number of aromatic nitrogens is 2. The highest BCUT2D eigenvalue weighted by Crippen LogP contribution is 2.24. The lowest BCUT2D eigenvalue weighted by molar-refractivity contribution is 0.457. The molecule has 1 heterocycles. The predicted octanol–water partition coefficient (Wildman–Crippen LogP) is 2.42. The Hall–Kier alpha value is -0.790. The van der Waals surface area contributed by atoms with Crippen molar-refractivity contribution in [1.29, 1.82) is 0 Å². The van der Waals surface area contributed by atoms with E-state index in [1.54, 1.807) is 0 Å². The molecule has 0 atom stereocenters. The Balaban J connectivity index is 3.09. The average Bonchev–Trinajstić information content (AvgIpc) is 2.31. The zero-order chi connectivity index (χ0) is 9.35. The summed E-state index contributed by atoms with van der Waals surface area (Å²) < 4.78 is 2.12. The van der Waals surface area contributed by atoms with Crippen LogP contribution >= 0.6 is 0 Å². The van der Waals surface area contributed by atoms with Crippen LogP contribution in [0.3, 0.4) is 0 Å². The van der Waals surface area contributed by atoms with Crippen LogP contribution in [0, 0.1) is 6.92 Å². The summed E-state index contributed by atoms with van der Waals surface area (Å²) in [5.41, 5.74) is 1.30. The van der Waals surface area contributed by atoms with E-state index in [2.05, 4.69) is 43.6 Å². The van der Waals surface area contributed by atoms with Crippen molar-refractivity contribution in [3.05, 3.63) is 17.7 Å². The molecule has 0 radical (unpaired) electrons. The third kappa shape index (κ3) is 1.52. The van der Waals surface area contributed by atoms with Gasteiger partial charge in [0.05, 0.1) is 5.69 Å². The molecule has 68 valence electrons. The van der Waals surface area contributed by atoms with E-state index >= 15 is 0 Å². The maximum Gasteiger partial charge on any atom is 0.114 e. The predicted molar refractivity (Wildman–Crippen MR) is 51.3 cm³/mol. The number of aryl methyl sites for hydroxylation is 2. The van der Waals surface area contributed by atoms with Gasteiger partial charge in [-0.25, -0.2) is 4.98 Å². The van der Waals surface area contributed by atoms with Crippen LogP contribution in [0.15, 0.2) is 6.20 Å². The lowest BCUT2D eigenvalue weighted by atomic mass is 9.89. The summed E-state index contributed by atoms with van der Waals surface area (Å²) in [6.07, 6.45) is 3.20.